The van der Waals surface area contributed by atoms with Gasteiger partial charge in [-0.1, -0.05) is 65.2 Å². The van der Waals surface area contributed by atoms with Crippen LogP contribution in [0.3, 0.4) is 0 Å². The van der Waals surface area contributed by atoms with Crippen LogP contribution in [0.25, 0.3) is 11.4 Å². The van der Waals surface area contributed by atoms with Crippen molar-refractivity contribution in [2.45, 2.75) is 62.0 Å². The summed E-state index contributed by atoms with van der Waals surface area (Å²) in [5.41, 5.74) is 0.985. The number of amides is 1. The van der Waals surface area contributed by atoms with Gasteiger partial charge in [0.1, 0.15) is 0 Å². The molecule has 1 N–H and O–H groups in total. The second-order valence-corrected chi connectivity index (χ2v) is 9.04. The summed E-state index contributed by atoms with van der Waals surface area (Å²) >= 11 is 4.90. The number of nitrogens with zero attached hydrogens (tertiary/aromatic N) is 3. The highest BCUT2D eigenvalue weighted by atomic mass is 79.9. The lowest BCUT2D eigenvalue weighted by molar-refractivity contribution is -0.121. The van der Waals surface area contributed by atoms with Crippen LogP contribution in [-0.4, -0.2) is 32.0 Å². The Labute approximate surface area is 173 Å². The maximum absolute atomic E-state index is 12.6. The van der Waals surface area contributed by atoms with E-state index < -0.39 is 0 Å². The average molecular weight is 449 g/mol. The predicted molar refractivity (Wildman–Crippen MR) is 114 cm³/mol. The molecule has 2 aromatic rings. The normalized spacial score (nSPS) is 16.1. The van der Waals surface area contributed by atoms with Crippen molar-refractivity contribution < 1.29 is 4.79 Å². The number of aromatic nitrogens is 3. The first-order chi connectivity index (χ1) is 13.1. The van der Waals surface area contributed by atoms with Crippen molar-refractivity contribution >= 4 is 33.6 Å². The molecule has 27 heavy (non-hydrogen) atoms. The monoisotopic (exact) mass is 448 g/mol. The van der Waals surface area contributed by atoms with Gasteiger partial charge in [0.15, 0.2) is 11.0 Å². The van der Waals surface area contributed by atoms with Crippen LogP contribution in [0.1, 0.15) is 39.0 Å². The van der Waals surface area contributed by atoms with Crippen LogP contribution in [0.5, 0.6) is 0 Å². The lowest BCUT2D eigenvalue weighted by Crippen LogP contribution is -2.40. The minimum absolute atomic E-state index is 0.0743. The molecule has 1 aliphatic carbocycles. The SMILES string of the molecule is C=CCn1c(SC(C)C(=O)NC2CCCCC2)nnc1-c1ccc(Br)cc1. The second kappa shape index (κ2) is 9.55. The average Bonchev–Trinajstić information content (AvgIpc) is 3.06. The molecule has 0 saturated heterocycles. The minimum atomic E-state index is -0.225. The molecular formula is C20H25BrN4OS. The van der Waals surface area contributed by atoms with E-state index >= 15 is 0 Å². The standard InChI is InChI=1S/C20H25BrN4OS/c1-3-13-25-18(15-9-11-16(21)12-10-15)23-24-20(25)27-14(2)19(26)22-17-7-5-4-6-8-17/h3,9-12,14,17H,1,4-8,13H2,2H3,(H,22,26). The first kappa shape index (κ1) is 20.1. The van der Waals surface area contributed by atoms with E-state index in [1.54, 1.807) is 0 Å². The molecule has 0 radical (unpaired) electrons. The summed E-state index contributed by atoms with van der Waals surface area (Å²) < 4.78 is 3.02. The summed E-state index contributed by atoms with van der Waals surface area (Å²) in [7, 11) is 0. The third-order valence-electron chi connectivity index (χ3n) is 4.73. The molecule has 5 nitrogen and oxygen atoms in total. The van der Waals surface area contributed by atoms with Gasteiger partial charge in [0.2, 0.25) is 5.91 Å². The van der Waals surface area contributed by atoms with Crippen LogP contribution in [0.15, 0.2) is 46.5 Å². The maximum Gasteiger partial charge on any atom is 0.233 e. The predicted octanol–water partition coefficient (Wildman–Crippen LogP) is 4.82. The summed E-state index contributed by atoms with van der Waals surface area (Å²) in [6, 6.07) is 8.28. The van der Waals surface area contributed by atoms with Crippen molar-refractivity contribution in [3.63, 3.8) is 0 Å². The van der Waals surface area contributed by atoms with Gasteiger partial charge < -0.3 is 5.32 Å². The van der Waals surface area contributed by atoms with Crippen LogP contribution < -0.4 is 5.32 Å². The number of nitrogens with one attached hydrogen (secondary N) is 1. The highest BCUT2D eigenvalue weighted by Gasteiger charge is 2.23. The number of hydrogen-bond acceptors (Lipinski definition) is 4. The van der Waals surface area contributed by atoms with Crippen molar-refractivity contribution in [3.05, 3.63) is 41.4 Å². The number of rotatable bonds is 7. The topological polar surface area (TPSA) is 59.8 Å². The molecule has 1 amide bonds. The smallest absolute Gasteiger partial charge is 0.233 e. The largest absolute Gasteiger partial charge is 0.352 e. The fourth-order valence-electron chi connectivity index (χ4n) is 3.26. The Kier molecular flexibility index (Phi) is 7.13. The second-order valence-electron chi connectivity index (χ2n) is 6.82. The van der Waals surface area contributed by atoms with E-state index in [2.05, 4.69) is 38.0 Å². The van der Waals surface area contributed by atoms with Gasteiger partial charge in [0.05, 0.1) is 5.25 Å². The molecule has 1 heterocycles. The summed E-state index contributed by atoms with van der Waals surface area (Å²) in [5.74, 6) is 0.857. The zero-order chi connectivity index (χ0) is 19.2. The van der Waals surface area contributed by atoms with E-state index in [4.69, 9.17) is 0 Å². The molecule has 1 aliphatic rings. The fraction of sp³-hybridized carbons (Fsp3) is 0.450. The molecule has 3 rings (SSSR count). The van der Waals surface area contributed by atoms with Crippen LogP contribution in [-0.2, 0) is 11.3 Å². The third-order valence-corrected chi connectivity index (χ3v) is 6.34. The van der Waals surface area contributed by atoms with Crippen LogP contribution in [0.2, 0.25) is 0 Å². The Balaban J connectivity index is 1.72. The first-order valence-corrected chi connectivity index (χ1v) is 11.0. The van der Waals surface area contributed by atoms with Gasteiger partial charge in [-0.25, -0.2) is 0 Å². The molecule has 0 spiro atoms. The number of carbonyl (C=O) groups excluding carboxylic acids is 1. The van der Waals surface area contributed by atoms with E-state index in [9.17, 15) is 4.79 Å². The lowest BCUT2D eigenvalue weighted by atomic mass is 9.95. The van der Waals surface area contributed by atoms with Crippen molar-refractivity contribution in [1.82, 2.24) is 20.1 Å². The molecule has 1 aromatic heterocycles. The van der Waals surface area contributed by atoms with Crippen molar-refractivity contribution in [1.29, 1.82) is 0 Å². The molecule has 144 valence electrons. The summed E-state index contributed by atoms with van der Waals surface area (Å²) in [6.07, 6.45) is 7.68. The number of benzene rings is 1. The zero-order valence-electron chi connectivity index (χ0n) is 15.5. The molecule has 1 atom stereocenters. The Hall–Kier alpha value is -1.60. The summed E-state index contributed by atoms with van der Waals surface area (Å²) in [6.45, 7) is 6.37. The van der Waals surface area contributed by atoms with E-state index in [0.29, 0.717) is 12.6 Å². The van der Waals surface area contributed by atoms with Gasteiger partial charge in [0, 0.05) is 22.6 Å². The zero-order valence-corrected chi connectivity index (χ0v) is 17.9. The number of carbonyl (C=O) groups is 1. The van der Waals surface area contributed by atoms with E-state index in [1.165, 1.54) is 31.0 Å². The van der Waals surface area contributed by atoms with Crippen LogP contribution >= 0.6 is 27.7 Å². The highest BCUT2D eigenvalue weighted by Crippen LogP contribution is 2.28. The fourth-order valence-corrected chi connectivity index (χ4v) is 4.39. The Bertz CT molecular complexity index is 784. The van der Waals surface area contributed by atoms with E-state index in [1.807, 2.05) is 41.8 Å². The molecule has 1 fully saturated rings. The van der Waals surface area contributed by atoms with Crippen molar-refractivity contribution in [3.8, 4) is 11.4 Å². The van der Waals surface area contributed by atoms with Crippen LogP contribution in [0.4, 0.5) is 0 Å². The van der Waals surface area contributed by atoms with E-state index in [0.717, 1.165) is 33.9 Å². The number of thioether (sulfide) groups is 1. The highest BCUT2D eigenvalue weighted by molar-refractivity contribution is 9.10. The molecular weight excluding hydrogens is 424 g/mol. The quantitative estimate of drug-likeness (QED) is 0.486. The van der Waals surface area contributed by atoms with Crippen molar-refractivity contribution in [2.24, 2.45) is 0 Å². The molecule has 0 aliphatic heterocycles. The Morgan fingerprint density at radius 1 is 1.33 bits per heavy atom. The molecule has 0 bridgehead atoms. The number of halogens is 1. The van der Waals surface area contributed by atoms with Gasteiger partial charge in [-0.2, -0.15) is 0 Å². The third kappa shape index (κ3) is 5.23. The van der Waals surface area contributed by atoms with Gasteiger partial charge in [-0.15, -0.1) is 16.8 Å². The molecule has 1 unspecified atom stereocenters. The van der Waals surface area contributed by atoms with Gasteiger partial charge in [-0.05, 0) is 31.9 Å². The molecule has 7 heteroatoms. The van der Waals surface area contributed by atoms with Crippen LogP contribution in [0, 0.1) is 0 Å². The summed E-state index contributed by atoms with van der Waals surface area (Å²) in [5, 5.41) is 12.4. The number of hydrogen-bond donors (Lipinski definition) is 1. The maximum atomic E-state index is 12.6. The van der Waals surface area contributed by atoms with Gasteiger partial charge in [-0.3, -0.25) is 9.36 Å². The molecule has 1 saturated carbocycles. The Morgan fingerprint density at radius 3 is 2.70 bits per heavy atom. The number of allylic oxidation sites excluding steroid dienone is 1. The van der Waals surface area contributed by atoms with E-state index in [-0.39, 0.29) is 11.2 Å². The Morgan fingerprint density at radius 2 is 2.04 bits per heavy atom. The van der Waals surface area contributed by atoms with Gasteiger partial charge >= 0.3 is 0 Å². The lowest BCUT2D eigenvalue weighted by Gasteiger charge is -2.24. The first-order valence-electron chi connectivity index (χ1n) is 9.35. The summed E-state index contributed by atoms with van der Waals surface area (Å²) in [4.78, 5) is 12.6. The van der Waals surface area contributed by atoms with Crippen molar-refractivity contribution in [2.75, 3.05) is 0 Å². The molecule has 1 aromatic carbocycles. The minimum Gasteiger partial charge on any atom is -0.352 e. The van der Waals surface area contributed by atoms with Gasteiger partial charge in [0.25, 0.3) is 0 Å².